The van der Waals surface area contributed by atoms with Crippen LogP contribution in [0.4, 0.5) is 0 Å². The van der Waals surface area contributed by atoms with Crippen LogP contribution >= 0.6 is 0 Å². The molecule has 0 aliphatic carbocycles. The van der Waals surface area contributed by atoms with Crippen molar-refractivity contribution < 1.29 is 13.2 Å². The predicted molar refractivity (Wildman–Crippen MR) is 70.6 cm³/mol. The van der Waals surface area contributed by atoms with Crippen LogP contribution in [-0.4, -0.2) is 32.3 Å². The molecule has 0 aliphatic rings. The van der Waals surface area contributed by atoms with Gasteiger partial charge in [0.15, 0.2) is 0 Å². The van der Waals surface area contributed by atoms with Gasteiger partial charge in [-0.15, -0.1) is 0 Å². The summed E-state index contributed by atoms with van der Waals surface area (Å²) in [5, 5.41) is 0. The molecule has 0 rings (SSSR count). The Morgan fingerprint density at radius 1 is 1.29 bits per heavy atom. The minimum Gasteiger partial charge on any atom is -0.327 e. The summed E-state index contributed by atoms with van der Waals surface area (Å²) in [6.07, 6.45) is 3.04. The van der Waals surface area contributed by atoms with E-state index in [1.165, 1.54) is 6.26 Å². The quantitative estimate of drug-likeness (QED) is 0.755. The molecule has 0 radical (unpaired) electrons. The largest absolute Gasteiger partial charge is 0.327 e. The average Bonchev–Trinajstić information content (AvgIpc) is 1.96. The SMILES string of the molecule is CC(C)(C)CC(N)CC(=O)CCCS(C)(=O)=O. The molecule has 0 aromatic carbocycles. The van der Waals surface area contributed by atoms with Crippen molar-refractivity contribution in [3.63, 3.8) is 0 Å². The van der Waals surface area contributed by atoms with Crippen molar-refractivity contribution in [2.24, 2.45) is 11.1 Å². The molecule has 0 aliphatic heterocycles. The number of hydrogen-bond acceptors (Lipinski definition) is 4. The third-order valence-electron chi connectivity index (χ3n) is 2.34. The van der Waals surface area contributed by atoms with E-state index in [4.69, 9.17) is 5.73 Å². The Balaban J connectivity index is 3.87. The van der Waals surface area contributed by atoms with E-state index in [1.54, 1.807) is 0 Å². The molecule has 17 heavy (non-hydrogen) atoms. The van der Waals surface area contributed by atoms with Gasteiger partial charge in [0.25, 0.3) is 0 Å². The lowest BCUT2D eigenvalue weighted by Crippen LogP contribution is -2.29. The van der Waals surface area contributed by atoms with Gasteiger partial charge in [-0.25, -0.2) is 8.42 Å². The number of hydrogen-bond donors (Lipinski definition) is 1. The van der Waals surface area contributed by atoms with Crippen molar-refractivity contribution >= 4 is 15.6 Å². The Hall–Kier alpha value is -0.420. The van der Waals surface area contributed by atoms with Crippen molar-refractivity contribution in [2.45, 2.75) is 52.5 Å². The first-order valence-electron chi connectivity index (χ1n) is 5.94. The maximum atomic E-state index is 11.6. The van der Waals surface area contributed by atoms with Crippen molar-refractivity contribution in [1.29, 1.82) is 0 Å². The maximum absolute atomic E-state index is 11.6. The topological polar surface area (TPSA) is 77.2 Å². The lowest BCUT2D eigenvalue weighted by molar-refractivity contribution is -0.119. The number of sulfone groups is 1. The van der Waals surface area contributed by atoms with Crippen LogP contribution in [0.3, 0.4) is 0 Å². The summed E-state index contributed by atoms with van der Waals surface area (Å²) >= 11 is 0. The molecule has 0 spiro atoms. The first-order chi connectivity index (χ1) is 7.49. The summed E-state index contributed by atoms with van der Waals surface area (Å²) in [6.45, 7) is 6.25. The van der Waals surface area contributed by atoms with Gasteiger partial charge < -0.3 is 5.73 Å². The van der Waals surface area contributed by atoms with Crippen molar-refractivity contribution in [1.82, 2.24) is 0 Å². The molecule has 2 N–H and O–H groups in total. The van der Waals surface area contributed by atoms with Crippen LogP contribution in [0.5, 0.6) is 0 Å². The van der Waals surface area contributed by atoms with Crippen LogP contribution in [0.25, 0.3) is 0 Å². The first-order valence-corrected chi connectivity index (χ1v) is 8.01. The van der Waals surface area contributed by atoms with Gasteiger partial charge in [0, 0.05) is 25.1 Å². The van der Waals surface area contributed by atoms with E-state index in [9.17, 15) is 13.2 Å². The molecule has 1 unspecified atom stereocenters. The number of Topliss-reactive ketones (excluding diaryl/α,β-unsaturated/α-hetero) is 1. The molecule has 102 valence electrons. The lowest BCUT2D eigenvalue weighted by Gasteiger charge is -2.22. The second-order valence-electron chi connectivity index (χ2n) is 6.00. The predicted octanol–water partition coefficient (Wildman–Crippen LogP) is 1.53. The highest BCUT2D eigenvalue weighted by atomic mass is 32.2. The second kappa shape index (κ2) is 6.50. The highest BCUT2D eigenvalue weighted by Gasteiger charge is 2.18. The van der Waals surface area contributed by atoms with Gasteiger partial charge in [-0.3, -0.25) is 4.79 Å². The summed E-state index contributed by atoms with van der Waals surface area (Å²) in [6, 6.07) is -0.124. The van der Waals surface area contributed by atoms with Gasteiger partial charge in [-0.05, 0) is 18.3 Å². The van der Waals surface area contributed by atoms with Gasteiger partial charge in [0.1, 0.15) is 15.6 Å². The number of carbonyl (C=O) groups excluding carboxylic acids is 1. The van der Waals surface area contributed by atoms with E-state index < -0.39 is 9.84 Å². The summed E-state index contributed by atoms with van der Waals surface area (Å²) in [7, 11) is -2.96. The molecule has 0 aromatic heterocycles. The third-order valence-corrected chi connectivity index (χ3v) is 3.37. The number of nitrogens with two attached hydrogens (primary N) is 1. The highest BCUT2D eigenvalue weighted by Crippen LogP contribution is 2.21. The normalized spacial score (nSPS) is 14.6. The van der Waals surface area contributed by atoms with Crippen LogP contribution in [0, 0.1) is 5.41 Å². The van der Waals surface area contributed by atoms with Gasteiger partial charge >= 0.3 is 0 Å². The summed E-state index contributed by atoms with van der Waals surface area (Å²) in [5.41, 5.74) is 6.00. The Morgan fingerprint density at radius 2 is 1.82 bits per heavy atom. The zero-order valence-corrected chi connectivity index (χ0v) is 12.1. The smallest absolute Gasteiger partial charge is 0.147 e. The van der Waals surface area contributed by atoms with Gasteiger partial charge in [-0.2, -0.15) is 0 Å². The molecule has 0 fully saturated rings. The van der Waals surface area contributed by atoms with Gasteiger partial charge in [0.2, 0.25) is 0 Å². The van der Waals surface area contributed by atoms with Crippen molar-refractivity contribution in [3.8, 4) is 0 Å². The first kappa shape index (κ1) is 16.6. The fourth-order valence-corrected chi connectivity index (χ4v) is 2.45. The molecule has 0 saturated carbocycles. The van der Waals surface area contributed by atoms with Crippen LogP contribution < -0.4 is 5.73 Å². The van der Waals surface area contributed by atoms with Crippen molar-refractivity contribution in [3.05, 3.63) is 0 Å². The number of rotatable bonds is 7. The minimum absolute atomic E-state index is 0.0606. The average molecular weight is 263 g/mol. The lowest BCUT2D eigenvalue weighted by atomic mass is 9.86. The fourth-order valence-electron chi connectivity index (χ4n) is 1.78. The van der Waals surface area contributed by atoms with E-state index in [0.29, 0.717) is 19.3 Å². The Morgan fingerprint density at radius 3 is 2.24 bits per heavy atom. The molecule has 0 bridgehead atoms. The summed E-state index contributed by atoms with van der Waals surface area (Å²) in [4.78, 5) is 11.6. The zero-order chi connectivity index (χ0) is 13.7. The molecule has 1 atom stereocenters. The van der Waals surface area contributed by atoms with Crippen LogP contribution in [0.15, 0.2) is 0 Å². The molecule has 0 saturated heterocycles. The van der Waals surface area contributed by atoms with Crippen LogP contribution in [0.1, 0.15) is 46.5 Å². The van der Waals surface area contributed by atoms with E-state index in [1.807, 2.05) is 0 Å². The third kappa shape index (κ3) is 11.8. The van der Waals surface area contributed by atoms with Crippen LogP contribution in [-0.2, 0) is 14.6 Å². The number of carbonyl (C=O) groups is 1. The molecular weight excluding hydrogens is 238 g/mol. The fraction of sp³-hybridized carbons (Fsp3) is 0.917. The Kier molecular flexibility index (Phi) is 6.34. The zero-order valence-electron chi connectivity index (χ0n) is 11.3. The van der Waals surface area contributed by atoms with E-state index >= 15 is 0 Å². The monoisotopic (exact) mass is 263 g/mol. The molecule has 0 aromatic rings. The Labute approximate surface area is 105 Å². The van der Waals surface area contributed by atoms with Crippen LogP contribution in [0.2, 0.25) is 0 Å². The highest BCUT2D eigenvalue weighted by molar-refractivity contribution is 7.90. The maximum Gasteiger partial charge on any atom is 0.147 e. The molecule has 0 heterocycles. The minimum atomic E-state index is -2.96. The standard InChI is InChI=1S/C12H25NO3S/c1-12(2,3)9-10(13)8-11(14)6-5-7-17(4,15)16/h10H,5-9,13H2,1-4H3. The second-order valence-corrected chi connectivity index (χ2v) is 8.26. The summed E-state index contributed by atoms with van der Waals surface area (Å²) < 4.78 is 21.8. The molecular formula is C12H25NO3S. The number of ketones is 1. The molecule has 4 nitrogen and oxygen atoms in total. The molecule has 0 amide bonds. The van der Waals surface area contributed by atoms with E-state index in [-0.39, 0.29) is 23.0 Å². The van der Waals surface area contributed by atoms with Gasteiger partial charge in [-0.1, -0.05) is 20.8 Å². The van der Waals surface area contributed by atoms with E-state index in [2.05, 4.69) is 20.8 Å². The summed E-state index contributed by atoms with van der Waals surface area (Å²) in [5.74, 6) is 0.137. The van der Waals surface area contributed by atoms with E-state index in [0.717, 1.165) is 6.42 Å². The van der Waals surface area contributed by atoms with Crippen molar-refractivity contribution in [2.75, 3.05) is 12.0 Å². The molecule has 5 heteroatoms. The Bertz CT molecular complexity index is 341. The van der Waals surface area contributed by atoms with Gasteiger partial charge in [0.05, 0.1) is 5.75 Å².